The molecule has 1 aromatic heterocycles. The molecule has 12 heteroatoms. The van der Waals surface area contributed by atoms with Gasteiger partial charge in [-0.05, 0) is 30.3 Å². The van der Waals surface area contributed by atoms with Crippen molar-refractivity contribution in [2.75, 3.05) is 12.3 Å². The van der Waals surface area contributed by atoms with Gasteiger partial charge in [0.1, 0.15) is 5.69 Å². The summed E-state index contributed by atoms with van der Waals surface area (Å²) in [6, 6.07) is 10.4. The first-order chi connectivity index (χ1) is 14.4. The van der Waals surface area contributed by atoms with E-state index in [-0.39, 0.29) is 22.7 Å². The first kappa shape index (κ1) is 23.4. The number of hydrogen-bond donors (Lipinski definition) is 1. The fourth-order valence-corrected chi connectivity index (χ4v) is 4.82. The zero-order valence-electron chi connectivity index (χ0n) is 15.5. The lowest BCUT2D eigenvalue weighted by Gasteiger charge is -2.12. The van der Waals surface area contributed by atoms with Gasteiger partial charge in [-0.1, -0.05) is 24.3 Å². The molecule has 0 aliphatic rings. The minimum absolute atomic E-state index is 0.0451. The van der Waals surface area contributed by atoms with Gasteiger partial charge < -0.3 is 0 Å². The number of pyridine rings is 1. The smallest absolute Gasteiger partial charge is 0.243 e. The van der Waals surface area contributed by atoms with E-state index in [1.165, 1.54) is 6.07 Å². The van der Waals surface area contributed by atoms with Crippen LogP contribution >= 0.6 is 11.8 Å². The maximum Gasteiger partial charge on any atom is 0.433 e. The number of nitrogens with one attached hydrogen (secondary N) is 1. The molecular formula is C19H14F6N2O2S2. The molecule has 4 nitrogen and oxygen atoms in total. The molecular weight excluding hydrogens is 466 g/mol. The second-order valence-corrected chi connectivity index (χ2v) is 9.20. The van der Waals surface area contributed by atoms with E-state index in [1.54, 1.807) is 18.2 Å². The van der Waals surface area contributed by atoms with Crippen LogP contribution in [0.25, 0.3) is 10.9 Å². The van der Waals surface area contributed by atoms with E-state index in [0.717, 1.165) is 36.0 Å². The summed E-state index contributed by atoms with van der Waals surface area (Å²) in [6.45, 7) is -0.207. The molecule has 31 heavy (non-hydrogen) atoms. The van der Waals surface area contributed by atoms with Gasteiger partial charge in [-0.3, -0.25) is 0 Å². The van der Waals surface area contributed by atoms with Crippen molar-refractivity contribution in [3.05, 3.63) is 65.9 Å². The number of benzene rings is 2. The summed E-state index contributed by atoms with van der Waals surface area (Å²) >= 11 is 0.977. The molecule has 0 aliphatic carbocycles. The predicted molar refractivity (Wildman–Crippen MR) is 104 cm³/mol. The molecule has 0 radical (unpaired) electrons. The fourth-order valence-electron chi connectivity index (χ4n) is 2.67. The molecule has 0 atom stereocenters. The van der Waals surface area contributed by atoms with Gasteiger partial charge in [-0.25, -0.2) is 18.1 Å². The number of rotatable bonds is 6. The van der Waals surface area contributed by atoms with E-state index in [2.05, 4.69) is 9.71 Å². The van der Waals surface area contributed by atoms with E-state index in [1.807, 2.05) is 0 Å². The molecule has 3 rings (SSSR count). The lowest BCUT2D eigenvalue weighted by atomic mass is 10.2. The Bertz CT molecular complexity index is 1190. The van der Waals surface area contributed by atoms with Gasteiger partial charge in [-0.2, -0.15) is 26.3 Å². The van der Waals surface area contributed by atoms with Gasteiger partial charge in [0, 0.05) is 22.6 Å². The van der Waals surface area contributed by atoms with Crippen LogP contribution in [0.5, 0.6) is 0 Å². The third-order valence-electron chi connectivity index (χ3n) is 4.09. The van der Waals surface area contributed by atoms with Crippen LogP contribution < -0.4 is 4.72 Å². The Morgan fingerprint density at radius 2 is 1.61 bits per heavy atom. The van der Waals surface area contributed by atoms with Crippen LogP contribution in [0.1, 0.15) is 11.3 Å². The molecule has 0 spiro atoms. The van der Waals surface area contributed by atoms with E-state index in [9.17, 15) is 34.8 Å². The zero-order valence-corrected chi connectivity index (χ0v) is 17.1. The average molecular weight is 480 g/mol. The monoisotopic (exact) mass is 480 g/mol. The molecule has 0 fully saturated rings. The maximum atomic E-state index is 13.1. The van der Waals surface area contributed by atoms with Gasteiger partial charge in [0.2, 0.25) is 10.0 Å². The molecule has 0 amide bonds. The summed E-state index contributed by atoms with van der Waals surface area (Å²) < 4.78 is 104. The van der Waals surface area contributed by atoms with Gasteiger partial charge >= 0.3 is 12.4 Å². The summed E-state index contributed by atoms with van der Waals surface area (Å²) in [7, 11) is -4.23. The molecule has 0 saturated carbocycles. The van der Waals surface area contributed by atoms with E-state index in [0.29, 0.717) is 11.5 Å². The molecule has 0 saturated heterocycles. The first-order valence-corrected chi connectivity index (χ1v) is 11.1. The van der Waals surface area contributed by atoms with E-state index >= 15 is 0 Å². The molecule has 2 aromatic carbocycles. The standard InChI is InChI=1S/C19H14F6N2O2S2/c20-18(21,22)12-4-3-5-13(10-12)31(28,29)26-8-9-30-16-11-17(19(23,24)25)27-15-7-2-1-6-14(15)16/h1-7,10-11,26H,8-9H2. The molecule has 0 aliphatic heterocycles. The van der Waals surface area contributed by atoms with Crippen LogP contribution in [-0.2, 0) is 22.4 Å². The summed E-state index contributed by atoms with van der Waals surface area (Å²) in [6.07, 6.45) is -9.34. The van der Waals surface area contributed by atoms with Gasteiger partial charge in [-0.15, -0.1) is 11.8 Å². The van der Waals surface area contributed by atoms with Crippen LogP contribution in [-0.4, -0.2) is 25.7 Å². The van der Waals surface area contributed by atoms with Crippen molar-refractivity contribution in [1.82, 2.24) is 9.71 Å². The van der Waals surface area contributed by atoms with Gasteiger partial charge in [0.25, 0.3) is 0 Å². The Labute approximate surface area is 177 Å². The highest BCUT2D eigenvalue weighted by Gasteiger charge is 2.33. The average Bonchev–Trinajstić information content (AvgIpc) is 2.69. The van der Waals surface area contributed by atoms with Crippen LogP contribution in [0.3, 0.4) is 0 Å². The Hall–Kier alpha value is -2.31. The number of aromatic nitrogens is 1. The zero-order chi connectivity index (χ0) is 22.9. The summed E-state index contributed by atoms with van der Waals surface area (Å²) in [4.78, 5) is 3.31. The Kier molecular flexibility index (Phi) is 6.53. The lowest BCUT2D eigenvalue weighted by Crippen LogP contribution is -2.26. The van der Waals surface area contributed by atoms with Crippen molar-refractivity contribution in [2.45, 2.75) is 22.1 Å². The van der Waals surface area contributed by atoms with Crippen LogP contribution in [0.15, 0.2) is 64.4 Å². The SMILES string of the molecule is O=S(=O)(NCCSc1cc(C(F)(F)F)nc2ccccc12)c1cccc(C(F)(F)F)c1. The van der Waals surface area contributed by atoms with Crippen LogP contribution in [0.2, 0.25) is 0 Å². The first-order valence-electron chi connectivity index (χ1n) is 8.65. The van der Waals surface area contributed by atoms with Crippen molar-refractivity contribution >= 4 is 32.7 Å². The second-order valence-electron chi connectivity index (χ2n) is 6.29. The number of hydrogen-bond acceptors (Lipinski definition) is 4. The Balaban J connectivity index is 1.73. The maximum absolute atomic E-state index is 13.1. The lowest BCUT2D eigenvalue weighted by molar-refractivity contribution is -0.141. The quantitative estimate of drug-likeness (QED) is 0.294. The van der Waals surface area contributed by atoms with E-state index < -0.39 is 38.5 Å². The Morgan fingerprint density at radius 1 is 0.903 bits per heavy atom. The molecule has 3 aromatic rings. The number of sulfonamides is 1. The molecule has 0 unspecified atom stereocenters. The molecule has 0 bridgehead atoms. The highest BCUT2D eigenvalue weighted by molar-refractivity contribution is 7.99. The fraction of sp³-hybridized carbons (Fsp3) is 0.211. The third kappa shape index (κ3) is 5.69. The number of nitrogens with zero attached hydrogens (tertiary/aromatic N) is 1. The second kappa shape index (κ2) is 8.67. The minimum Gasteiger partial charge on any atom is -0.243 e. The highest BCUT2D eigenvalue weighted by atomic mass is 32.2. The molecule has 1 heterocycles. The van der Waals surface area contributed by atoms with Crippen molar-refractivity contribution in [2.24, 2.45) is 0 Å². The van der Waals surface area contributed by atoms with Gasteiger partial charge in [0.15, 0.2) is 0 Å². The number of halogens is 6. The van der Waals surface area contributed by atoms with E-state index in [4.69, 9.17) is 0 Å². The Morgan fingerprint density at radius 3 is 2.29 bits per heavy atom. The normalized spacial score (nSPS) is 13.0. The molecule has 1 N–H and O–H groups in total. The molecule has 166 valence electrons. The van der Waals surface area contributed by atoms with Crippen molar-refractivity contribution in [3.8, 4) is 0 Å². The predicted octanol–water partition coefficient (Wildman–Crippen LogP) is 5.34. The number of para-hydroxylation sites is 1. The highest BCUT2D eigenvalue weighted by Crippen LogP contribution is 2.35. The largest absolute Gasteiger partial charge is 0.433 e. The number of alkyl halides is 6. The van der Waals surface area contributed by atoms with Crippen molar-refractivity contribution < 1.29 is 34.8 Å². The summed E-state index contributed by atoms with van der Waals surface area (Å²) in [5.41, 5.74) is -2.03. The van der Waals surface area contributed by atoms with Crippen LogP contribution in [0, 0.1) is 0 Å². The third-order valence-corrected chi connectivity index (χ3v) is 6.61. The summed E-state index contributed by atoms with van der Waals surface area (Å²) in [5, 5.41) is 0.473. The number of thioether (sulfide) groups is 1. The topological polar surface area (TPSA) is 59.1 Å². The van der Waals surface area contributed by atoms with Crippen LogP contribution in [0.4, 0.5) is 26.3 Å². The number of fused-ring (bicyclic) bond motifs is 1. The van der Waals surface area contributed by atoms with Crippen molar-refractivity contribution in [3.63, 3.8) is 0 Å². The van der Waals surface area contributed by atoms with Crippen molar-refractivity contribution in [1.29, 1.82) is 0 Å². The minimum atomic E-state index is -4.69. The summed E-state index contributed by atoms with van der Waals surface area (Å²) in [5.74, 6) is 0.0451. The van der Waals surface area contributed by atoms with Gasteiger partial charge in [0.05, 0.1) is 16.0 Å².